The monoisotopic (exact) mass is 355 g/mol. The van der Waals surface area contributed by atoms with Gasteiger partial charge in [0.1, 0.15) is 0 Å². The van der Waals surface area contributed by atoms with Crippen molar-refractivity contribution in [3.05, 3.63) is 12.7 Å². The topological polar surface area (TPSA) is 26.3 Å². The first-order chi connectivity index (χ1) is 8.81. The van der Waals surface area contributed by atoms with E-state index in [0.717, 1.165) is 6.08 Å². The molecule has 0 aliphatic rings. The maximum absolute atomic E-state index is 9.84. The van der Waals surface area contributed by atoms with Crippen LogP contribution >= 0.6 is 0 Å². The van der Waals surface area contributed by atoms with Gasteiger partial charge in [-0.05, 0) is 0 Å². The number of esters is 1. The van der Waals surface area contributed by atoms with Gasteiger partial charge in [0.15, 0.2) is 0 Å². The molecule has 0 radical (unpaired) electrons. The maximum atomic E-state index is 9.84. The zero-order chi connectivity index (χ0) is 18.5. The van der Waals surface area contributed by atoms with Crippen molar-refractivity contribution in [2.24, 2.45) is 0 Å². The van der Waals surface area contributed by atoms with Crippen LogP contribution in [0.1, 0.15) is 0 Å². The third-order valence-electron chi connectivity index (χ3n) is 0.368. The molecule has 0 N–H and O–H groups in total. The Bertz CT molecular complexity index is 228. The fraction of sp³-hybridized carbons (Fsp3) is 0.250. The molecule has 0 atom stereocenters. The van der Waals surface area contributed by atoms with E-state index in [9.17, 15) is 56.6 Å². The fourth-order valence-corrected chi connectivity index (χ4v) is 0.0833. The first-order valence-corrected chi connectivity index (χ1v) is 4.13. The summed E-state index contributed by atoms with van der Waals surface area (Å²) >= 11 is 0. The van der Waals surface area contributed by atoms with Crippen LogP contribution in [0.4, 0.5) is 51.8 Å². The molecular formula is C4H7B3F12LiO2-3. The van der Waals surface area contributed by atoms with Crippen molar-refractivity contribution in [1.29, 1.82) is 0 Å². The molecule has 0 aromatic heterocycles. The van der Waals surface area contributed by atoms with Gasteiger partial charge in [-0.1, -0.05) is 6.58 Å². The summed E-state index contributed by atoms with van der Waals surface area (Å²) < 4.78 is 121. The number of methoxy groups -OCH3 is 1. The molecule has 0 bridgehead atoms. The van der Waals surface area contributed by atoms with Gasteiger partial charge in [-0.25, -0.2) is 4.79 Å². The van der Waals surface area contributed by atoms with Crippen LogP contribution in [0.5, 0.6) is 0 Å². The quantitative estimate of drug-likeness (QED) is 0.311. The molecule has 0 aromatic carbocycles. The van der Waals surface area contributed by atoms with Crippen LogP contribution in [0.3, 0.4) is 0 Å². The van der Waals surface area contributed by atoms with E-state index in [-0.39, 0.29) is 18.9 Å². The minimum atomic E-state index is -6.00. The van der Waals surface area contributed by atoms with Crippen LogP contribution in [-0.4, -0.2) is 53.7 Å². The Hall–Kier alpha value is -0.838. The van der Waals surface area contributed by atoms with Crippen LogP contribution < -0.4 is 0 Å². The summed E-state index contributed by atoms with van der Waals surface area (Å²) in [6.07, 6.45) is 1.11. The van der Waals surface area contributed by atoms with Crippen molar-refractivity contribution in [3.8, 4) is 0 Å². The number of carbonyl (C=O) groups is 1. The van der Waals surface area contributed by atoms with Gasteiger partial charge in [0.25, 0.3) is 0 Å². The van der Waals surface area contributed by atoms with Gasteiger partial charge in [0, 0.05) is 6.08 Å². The number of halogens is 12. The molecule has 22 heavy (non-hydrogen) atoms. The second-order valence-corrected chi connectivity index (χ2v) is 2.21. The molecule has 0 amide bonds. The third-order valence-corrected chi connectivity index (χ3v) is 0.368. The summed E-state index contributed by atoms with van der Waals surface area (Å²) in [5.41, 5.74) is 0. The van der Waals surface area contributed by atoms with Crippen molar-refractivity contribution in [1.82, 2.24) is 0 Å². The molecule has 0 fully saturated rings. The van der Waals surface area contributed by atoms with Crippen LogP contribution in [-0.2, 0) is 9.53 Å². The molecule has 0 heterocycles. The Morgan fingerprint density at radius 1 is 0.773 bits per heavy atom. The van der Waals surface area contributed by atoms with E-state index in [0.29, 0.717) is 0 Å². The summed E-state index contributed by atoms with van der Waals surface area (Å²) in [4.78, 5) is 9.84. The molecular weight excluding hydrogens is 347 g/mol. The Balaban J connectivity index is -0.0000000577. The van der Waals surface area contributed by atoms with Gasteiger partial charge in [-0.15, -0.1) is 0 Å². The second-order valence-electron chi connectivity index (χ2n) is 2.21. The summed E-state index contributed by atoms with van der Waals surface area (Å²) in [7, 11) is -16.7. The van der Waals surface area contributed by atoms with Gasteiger partial charge < -0.3 is 56.5 Å². The van der Waals surface area contributed by atoms with Crippen molar-refractivity contribution in [2.45, 2.75) is 0 Å². The summed E-state index contributed by atoms with van der Waals surface area (Å²) in [6, 6.07) is 0. The van der Waals surface area contributed by atoms with Crippen LogP contribution in [0.2, 0.25) is 0 Å². The summed E-state index contributed by atoms with van der Waals surface area (Å²) in [5, 5.41) is 0. The predicted molar refractivity (Wildman–Crippen MR) is 59.9 cm³/mol. The van der Waals surface area contributed by atoms with Gasteiger partial charge in [-0.3, -0.25) is 0 Å². The molecule has 132 valence electrons. The summed E-state index contributed by atoms with van der Waals surface area (Å²) in [6.45, 7) is 3.16. The van der Waals surface area contributed by atoms with Crippen molar-refractivity contribution >= 4 is 46.6 Å². The molecule has 0 aliphatic heterocycles. The predicted octanol–water partition coefficient (Wildman–Crippen LogP) is 3.60. The van der Waals surface area contributed by atoms with E-state index in [4.69, 9.17) is 0 Å². The zero-order valence-corrected chi connectivity index (χ0v) is 9.87. The number of ether oxygens (including phenoxy) is 1. The minimum absolute atomic E-state index is 0. The van der Waals surface area contributed by atoms with Crippen LogP contribution in [0, 0.1) is 0 Å². The molecule has 0 aliphatic carbocycles. The molecule has 0 aromatic rings. The first-order valence-electron chi connectivity index (χ1n) is 4.13. The average Bonchev–Trinajstić information content (AvgIpc) is 2.08. The average molecular weight is 354 g/mol. The molecule has 2 nitrogen and oxygen atoms in total. The molecule has 0 spiro atoms. The first kappa shape index (κ1) is 32.9. The summed E-state index contributed by atoms with van der Waals surface area (Å²) in [5.74, 6) is -0.394. The number of hydrogen-bond donors (Lipinski definition) is 0. The molecule has 18 heteroatoms. The van der Waals surface area contributed by atoms with Gasteiger partial charge in [-0.2, -0.15) is 0 Å². The van der Waals surface area contributed by atoms with Gasteiger partial charge >= 0.3 is 46.6 Å². The van der Waals surface area contributed by atoms with Crippen molar-refractivity contribution in [3.63, 3.8) is 0 Å². The van der Waals surface area contributed by atoms with Gasteiger partial charge in [0.2, 0.25) is 0 Å². The Morgan fingerprint density at radius 3 is 0.909 bits per heavy atom. The van der Waals surface area contributed by atoms with Crippen LogP contribution in [0.15, 0.2) is 12.7 Å². The van der Waals surface area contributed by atoms with E-state index in [1.807, 2.05) is 0 Å². The molecule has 0 saturated heterocycles. The van der Waals surface area contributed by atoms with E-state index in [1.54, 1.807) is 0 Å². The number of hydrogen-bond acceptors (Lipinski definition) is 2. The normalized spacial score (nSPS) is 10.0. The fourth-order valence-electron chi connectivity index (χ4n) is 0.0833. The molecule has 0 unspecified atom stereocenters. The van der Waals surface area contributed by atoms with Crippen molar-refractivity contribution < 1.29 is 61.3 Å². The van der Waals surface area contributed by atoms with E-state index >= 15 is 0 Å². The van der Waals surface area contributed by atoms with E-state index in [1.165, 1.54) is 7.11 Å². The van der Waals surface area contributed by atoms with E-state index < -0.39 is 27.7 Å². The van der Waals surface area contributed by atoms with E-state index in [2.05, 4.69) is 11.3 Å². The second kappa shape index (κ2) is 15.1. The number of rotatable bonds is 1. The van der Waals surface area contributed by atoms with Crippen LogP contribution in [0.25, 0.3) is 0 Å². The SMILES string of the molecule is C=CC(=O)OC.F[B-](F)(F)F.F[B-](F)(F)F.F[B-](F)(F)F.[LiH]. The Kier molecular flexibility index (Phi) is 22.6. The standard InChI is InChI=1S/C4H6O2.3BF4.Li.H/c1-3-4(5)6-2;3*2-1(3,4)5;;/h3H,1H2,2H3;;;;;/q;3*-1;;. The number of carbonyl (C=O) groups excluding carboxylic acids is 1. The Morgan fingerprint density at radius 2 is 0.909 bits per heavy atom. The molecule has 0 rings (SSSR count). The zero-order valence-electron chi connectivity index (χ0n) is 9.87. The molecule has 0 saturated carbocycles. The Labute approximate surface area is 128 Å². The van der Waals surface area contributed by atoms with Crippen molar-refractivity contribution in [2.75, 3.05) is 7.11 Å². The third kappa shape index (κ3) is 632. The van der Waals surface area contributed by atoms with Gasteiger partial charge in [0.05, 0.1) is 7.11 Å².